The topological polar surface area (TPSA) is 208 Å². The van der Waals surface area contributed by atoms with E-state index in [9.17, 15) is 19.0 Å². The van der Waals surface area contributed by atoms with Crippen LogP contribution in [0.25, 0.3) is 22.3 Å². The Hall–Kier alpha value is -2.51. The van der Waals surface area contributed by atoms with E-state index in [1.54, 1.807) is 18.4 Å². The average molecular weight is 705 g/mol. The van der Waals surface area contributed by atoms with Crippen LogP contribution < -0.4 is 5.56 Å². The van der Waals surface area contributed by atoms with E-state index in [0.717, 1.165) is 0 Å². The highest BCUT2D eigenvalue weighted by Crippen LogP contribution is 2.57. The van der Waals surface area contributed by atoms with E-state index < -0.39 is 56.9 Å². The molecule has 17 nitrogen and oxygen atoms in total. The summed E-state index contributed by atoms with van der Waals surface area (Å²) in [5.74, 6) is -0.199. The molecule has 4 aromatic rings. The van der Waals surface area contributed by atoms with Crippen LogP contribution in [-0.4, -0.2) is 81.3 Å². The minimum atomic E-state index is -4.35. The lowest BCUT2D eigenvalue weighted by atomic mass is 10.1. The van der Waals surface area contributed by atoms with Crippen molar-refractivity contribution in [1.82, 2.24) is 39.0 Å². The van der Waals surface area contributed by atoms with Crippen LogP contribution in [0.15, 0.2) is 23.6 Å². The van der Waals surface area contributed by atoms with Crippen LogP contribution in [0.5, 0.6) is 0 Å². The van der Waals surface area contributed by atoms with Gasteiger partial charge in [-0.3, -0.25) is 23.2 Å². The normalized spacial score (nSPS) is 29.9. The van der Waals surface area contributed by atoms with Gasteiger partial charge >= 0.3 is 13.5 Å². The molecular formula is C23H27FN8O9P2S2. The van der Waals surface area contributed by atoms with Gasteiger partial charge in [-0.1, -0.05) is 26.1 Å². The molecule has 2 aliphatic rings. The van der Waals surface area contributed by atoms with Crippen LogP contribution in [0.2, 0.25) is 0 Å². The quantitative estimate of drug-likeness (QED) is 0.206. The molecule has 242 valence electrons. The second kappa shape index (κ2) is 12.6. The van der Waals surface area contributed by atoms with Crippen LogP contribution >= 0.6 is 25.8 Å². The highest BCUT2D eigenvalue weighted by atomic mass is 32.7. The van der Waals surface area contributed by atoms with Gasteiger partial charge in [0.15, 0.2) is 29.2 Å². The molecule has 0 amide bonds. The molecule has 1 saturated heterocycles. The number of nitrogens with one attached hydrogen (secondary N) is 1. The number of ether oxygens (including phenoxy) is 1. The lowest BCUT2D eigenvalue weighted by Gasteiger charge is -2.24. The Morgan fingerprint density at radius 2 is 2.07 bits per heavy atom. The Kier molecular flexibility index (Phi) is 9.08. The predicted octanol–water partition coefficient (Wildman–Crippen LogP) is 2.17. The van der Waals surface area contributed by atoms with Gasteiger partial charge in [0.1, 0.15) is 48.1 Å². The van der Waals surface area contributed by atoms with Crippen LogP contribution in [0.4, 0.5) is 4.39 Å². The fraction of sp³-hybridized carbons (Fsp3) is 0.522. The van der Waals surface area contributed by atoms with E-state index in [1.807, 2.05) is 0 Å². The first-order valence-corrected chi connectivity index (χ1v) is 18.8. The number of aromatic amines is 1. The predicted molar refractivity (Wildman–Crippen MR) is 160 cm³/mol. The summed E-state index contributed by atoms with van der Waals surface area (Å²) in [5, 5.41) is 0. The monoisotopic (exact) mass is 704 g/mol. The summed E-state index contributed by atoms with van der Waals surface area (Å²) in [5.41, 5.74) is -0.0132. The molecule has 45 heavy (non-hydrogen) atoms. The third-order valence-electron chi connectivity index (χ3n) is 7.08. The average Bonchev–Trinajstić information content (AvgIpc) is 3.64. The largest absolute Gasteiger partial charge is 0.387 e. The molecule has 0 saturated carbocycles. The van der Waals surface area contributed by atoms with Crippen LogP contribution in [-0.2, 0) is 63.6 Å². The first kappa shape index (κ1) is 32.4. The smallest absolute Gasteiger partial charge is 0.346 e. The zero-order valence-corrected chi connectivity index (χ0v) is 27.1. The number of carbonyl (C=O) groups is 1. The minimum absolute atomic E-state index is 0.0487. The van der Waals surface area contributed by atoms with Gasteiger partial charge in [0.2, 0.25) is 0 Å². The van der Waals surface area contributed by atoms with Crippen LogP contribution in [0.1, 0.15) is 31.7 Å². The Morgan fingerprint density at radius 1 is 1.27 bits per heavy atom. The number of nitrogens with zero attached hydrogens (tertiary/aromatic N) is 7. The highest BCUT2D eigenvalue weighted by molar-refractivity contribution is 8.44. The van der Waals surface area contributed by atoms with Gasteiger partial charge in [0, 0.05) is 12.5 Å². The Labute approximate surface area is 263 Å². The maximum Gasteiger partial charge on any atom is 0.387 e. The van der Waals surface area contributed by atoms with Crippen LogP contribution in [0, 0.1) is 5.92 Å². The van der Waals surface area contributed by atoms with Crippen molar-refractivity contribution in [1.29, 1.82) is 0 Å². The maximum absolute atomic E-state index is 16.0. The third kappa shape index (κ3) is 6.81. The molecule has 2 N–H and O–H groups in total. The molecular weight excluding hydrogens is 677 g/mol. The molecule has 2 aliphatic heterocycles. The lowest BCUT2D eigenvalue weighted by Crippen LogP contribution is -2.32. The molecule has 0 aromatic carbocycles. The Bertz CT molecular complexity index is 1920. The molecule has 2 bridgehead atoms. The number of rotatable bonds is 4. The number of aromatic nitrogens is 8. The van der Waals surface area contributed by atoms with E-state index >= 15 is 4.39 Å². The number of hydrogen-bond acceptors (Lipinski definition) is 14. The van der Waals surface area contributed by atoms with E-state index in [0.29, 0.717) is 11.2 Å². The molecule has 6 atom stereocenters. The van der Waals surface area contributed by atoms with Gasteiger partial charge in [-0.2, -0.15) is 0 Å². The third-order valence-corrected chi connectivity index (χ3v) is 10.3. The van der Waals surface area contributed by atoms with Crippen molar-refractivity contribution in [3.63, 3.8) is 0 Å². The number of alkyl halides is 1. The SMILES string of the molecule is CC(C)C(=O)Cc1nc2c(ncn2[C@@H]2O[C@@H]3COP(O)(=S)OCCn4c(nc5cncnc54)COP(=O)(S)O[C@@H]2[C@@H]3F)c(=O)[nH]1. The number of H-pyrrole nitrogens is 1. The number of carbonyl (C=O) groups excluding carboxylic acids is 1. The zero-order chi connectivity index (χ0) is 32.1. The van der Waals surface area contributed by atoms with Gasteiger partial charge in [0.05, 0.1) is 32.2 Å². The van der Waals surface area contributed by atoms with Crippen molar-refractivity contribution in [2.75, 3.05) is 13.2 Å². The summed E-state index contributed by atoms with van der Waals surface area (Å²) >= 11 is 9.21. The molecule has 0 aliphatic carbocycles. The van der Waals surface area contributed by atoms with Crippen molar-refractivity contribution in [2.24, 2.45) is 5.92 Å². The molecule has 1 fully saturated rings. The van der Waals surface area contributed by atoms with E-state index in [4.69, 9.17) is 34.6 Å². The van der Waals surface area contributed by atoms with Crippen LogP contribution in [0.3, 0.4) is 0 Å². The summed E-state index contributed by atoms with van der Waals surface area (Å²) in [7, 11) is 0. The van der Waals surface area contributed by atoms with Crippen molar-refractivity contribution in [2.45, 2.75) is 58.0 Å². The number of fused-ring (bicyclic) bond motifs is 6. The van der Waals surface area contributed by atoms with Crippen molar-refractivity contribution >= 4 is 65.7 Å². The fourth-order valence-corrected chi connectivity index (χ4v) is 7.32. The van der Waals surface area contributed by atoms with Gasteiger partial charge in [-0.15, -0.1) is 0 Å². The summed E-state index contributed by atoms with van der Waals surface area (Å²) in [6.45, 7) is -5.86. The number of hydrogen-bond donors (Lipinski definition) is 3. The molecule has 0 radical (unpaired) electrons. The van der Waals surface area contributed by atoms with Crippen molar-refractivity contribution < 1.29 is 41.5 Å². The zero-order valence-electron chi connectivity index (χ0n) is 23.6. The number of imidazole rings is 2. The van der Waals surface area contributed by atoms with E-state index in [2.05, 4.69) is 42.2 Å². The second-order valence-corrected chi connectivity index (χ2v) is 16.2. The standard InChI is InChI=1S/C23H27FN8O9P2S2/c1-11(2)13(33)5-15-29-21-18(22(34)30-15)27-10-32(21)23-19-17(24)14(40-23)7-38-42(35,44)37-4-3-31-16(8-39-43(36,45)41-19)28-12-6-25-9-26-20(12)31/h6,9-11,14,17,19,23H,3-5,7-8H2,1-2H3,(H,35,44)(H,36,45)(H,29,30,34)/t14-,17-,19-,23-,42?,43?/m1/s1. The van der Waals surface area contributed by atoms with Crippen molar-refractivity contribution in [3.05, 3.63) is 40.9 Å². The summed E-state index contributed by atoms with van der Waals surface area (Å²) < 4.78 is 60.3. The lowest BCUT2D eigenvalue weighted by molar-refractivity contribution is -0.121. The Morgan fingerprint density at radius 3 is 2.84 bits per heavy atom. The summed E-state index contributed by atoms with van der Waals surface area (Å²) in [4.78, 5) is 59.4. The summed E-state index contributed by atoms with van der Waals surface area (Å²) in [6.07, 6.45) is -2.79. The molecule has 6 rings (SSSR count). The number of thiol groups is 1. The van der Waals surface area contributed by atoms with Gasteiger partial charge in [-0.25, -0.2) is 33.9 Å². The number of Topliss-reactive ketones (excluding diaryl/α,β-unsaturated/α-hetero) is 1. The van der Waals surface area contributed by atoms with Crippen molar-refractivity contribution in [3.8, 4) is 0 Å². The summed E-state index contributed by atoms with van der Waals surface area (Å²) in [6, 6.07) is 0. The van der Waals surface area contributed by atoms with Gasteiger partial charge in [0.25, 0.3) is 5.56 Å². The molecule has 6 heterocycles. The number of halogens is 1. The van der Waals surface area contributed by atoms with E-state index in [-0.39, 0.29) is 54.1 Å². The molecule has 0 spiro atoms. The molecule has 4 aromatic heterocycles. The minimum Gasteiger partial charge on any atom is -0.346 e. The second-order valence-electron chi connectivity index (χ2n) is 10.5. The first-order valence-electron chi connectivity index (χ1n) is 13.5. The number of ketones is 1. The van der Waals surface area contributed by atoms with Gasteiger partial charge in [-0.05, 0) is 11.8 Å². The molecule has 2 unspecified atom stereocenters. The van der Waals surface area contributed by atoms with E-state index in [1.165, 1.54) is 23.4 Å². The van der Waals surface area contributed by atoms with Gasteiger partial charge < -0.3 is 28.2 Å². The Balaban J connectivity index is 1.37. The highest BCUT2D eigenvalue weighted by Gasteiger charge is 2.51. The maximum atomic E-state index is 16.0. The molecule has 22 heteroatoms. The fourth-order valence-electron chi connectivity index (χ4n) is 4.82. The first-order chi connectivity index (χ1) is 21.3.